The minimum Gasteiger partial charge on any atom is -0.381 e. The minimum atomic E-state index is -0.0460. The van der Waals surface area contributed by atoms with Crippen molar-refractivity contribution in [3.8, 4) is 0 Å². The summed E-state index contributed by atoms with van der Waals surface area (Å²) in [5.41, 5.74) is 2.03. The summed E-state index contributed by atoms with van der Waals surface area (Å²) in [6.07, 6.45) is 2.09. The van der Waals surface area contributed by atoms with Crippen molar-refractivity contribution in [2.45, 2.75) is 19.8 Å². The van der Waals surface area contributed by atoms with Crippen LogP contribution in [0.5, 0.6) is 0 Å². The van der Waals surface area contributed by atoms with E-state index in [1.54, 1.807) is 4.90 Å². The summed E-state index contributed by atoms with van der Waals surface area (Å²) in [6.45, 7) is 4.46. The fourth-order valence-corrected chi connectivity index (χ4v) is 2.25. The largest absolute Gasteiger partial charge is 0.381 e. The third-order valence-electron chi connectivity index (χ3n) is 3.52. The topological polar surface area (TPSA) is 41.6 Å². The Morgan fingerprint density at radius 3 is 2.58 bits per heavy atom. The van der Waals surface area contributed by atoms with E-state index in [2.05, 4.69) is 5.32 Å². The zero-order valence-corrected chi connectivity index (χ0v) is 11.7. The molecule has 0 saturated carbocycles. The average molecular weight is 262 g/mol. The first kappa shape index (κ1) is 13.9. The van der Waals surface area contributed by atoms with Crippen molar-refractivity contribution in [2.75, 3.05) is 32.1 Å². The summed E-state index contributed by atoms with van der Waals surface area (Å²) in [5.74, 6) is 0.558. The molecule has 1 aromatic carbocycles. The van der Waals surface area contributed by atoms with Crippen molar-refractivity contribution in [1.82, 2.24) is 4.90 Å². The number of amides is 2. The molecule has 1 aromatic rings. The Labute approximate surface area is 114 Å². The summed E-state index contributed by atoms with van der Waals surface area (Å²) in [6, 6.07) is 7.79. The first-order valence-electron chi connectivity index (χ1n) is 6.81. The van der Waals surface area contributed by atoms with Gasteiger partial charge < -0.3 is 15.0 Å². The number of ether oxygens (including phenoxy) is 1. The van der Waals surface area contributed by atoms with E-state index in [4.69, 9.17) is 4.74 Å². The number of urea groups is 1. The predicted molar refractivity (Wildman–Crippen MR) is 76.4 cm³/mol. The first-order chi connectivity index (χ1) is 9.15. The highest BCUT2D eigenvalue weighted by atomic mass is 16.5. The van der Waals surface area contributed by atoms with Crippen molar-refractivity contribution < 1.29 is 9.53 Å². The molecule has 0 atom stereocenters. The molecule has 0 aliphatic carbocycles. The third kappa shape index (κ3) is 4.24. The molecule has 0 unspecified atom stereocenters. The Morgan fingerprint density at radius 1 is 1.32 bits per heavy atom. The van der Waals surface area contributed by atoms with Gasteiger partial charge in [-0.1, -0.05) is 17.7 Å². The van der Waals surface area contributed by atoms with E-state index in [9.17, 15) is 4.79 Å². The van der Waals surface area contributed by atoms with Crippen LogP contribution in [0, 0.1) is 12.8 Å². The van der Waals surface area contributed by atoms with Crippen LogP contribution >= 0.6 is 0 Å². The van der Waals surface area contributed by atoms with Crippen LogP contribution in [0.2, 0.25) is 0 Å². The first-order valence-corrected chi connectivity index (χ1v) is 6.81. The molecule has 1 saturated heterocycles. The highest BCUT2D eigenvalue weighted by molar-refractivity contribution is 5.89. The molecule has 1 aliphatic heterocycles. The van der Waals surface area contributed by atoms with Gasteiger partial charge in [0.1, 0.15) is 0 Å². The molecule has 1 N–H and O–H groups in total. The number of hydrogen-bond acceptors (Lipinski definition) is 2. The molecule has 0 aromatic heterocycles. The highest BCUT2D eigenvalue weighted by Crippen LogP contribution is 2.16. The van der Waals surface area contributed by atoms with Crippen LogP contribution < -0.4 is 5.32 Å². The number of nitrogens with one attached hydrogen (secondary N) is 1. The standard InChI is InChI=1S/C15H22N2O2/c1-12-3-5-14(6-4-12)16-15(18)17(2)11-13-7-9-19-10-8-13/h3-6,13H,7-11H2,1-2H3,(H,16,18). The van der Waals surface area contributed by atoms with Crippen LogP contribution in [0.25, 0.3) is 0 Å². The lowest BCUT2D eigenvalue weighted by Gasteiger charge is -2.27. The number of nitrogens with zero attached hydrogens (tertiary/aromatic N) is 1. The van der Waals surface area contributed by atoms with Crippen LogP contribution in [-0.2, 0) is 4.74 Å². The van der Waals surface area contributed by atoms with E-state index >= 15 is 0 Å². The maximum absolute atomic E-state index is 12.1. The Hall–Kier alpha value is -1.55. The summed E-state index contributed by atoms with van der Waals surface area (Å²) in [5, 5.41) is 2.91. The van der Waals surface area contributed by atoms with Gasteiger partial charge in [-0.15, -0.1) is 0 Å². The Balaban J connectivity index is 1.83. The number of carbonyl (C=O) groups is 1. The van der Waals surface area contributed by atoms with E-state index in [0.29, 0.717) is 5.92 Å². The molecule has 1 aliphatic rings. The van der Waals surface area contributed by atoms with E-state index in [-0.39, 0.29) is 6.03 Å². The van der Waals surface area contributed by atoms with Gasteiger partial charge in [-0.25, -0.2) is 4.79 Å². The van der Waals surface area contributed by atoms with Crippen LogP contribution in [0.1, 0.15) is 18.4 Å². The predicted octanol–water partition coefficient (Wildman–Crippen LogP) is 2.89. The van der Waals surface area contributed by atoms with Crippen LogP contribution in [0.15, 0.2) is 24.3 Å². The third-order valence-corrected chi connectivity index (χ3v) is 3.52. The molecule has 1 heterocycles. The smallest absolute Gasteiger partial charge is 0.321 e. The number of rotatable bonds is 3. The molecule has 4 heteroatoms. The van der Waals surface area contributed by atoms with E-state index in [0.717, 1.165) is 38.3 Å². The molecule has 19 heavy (non-hydrogen) atoms. The van der Waals surface area contributed by atoms with Crippen molar-refractivity contribution in [3.05, 3.63) is 29.8 Å². The number of aryl methyl sites for hydroxylation is 1. The molecule has 4 nitrogen and oxygen atoms in total. The summed E-state index contributed by atoms with van der Waals surface area (Å²) < 4.78 is 5.33. The monoisotopic (exact) mass is 262 g/mol. The van der Waals surface area contributed by atoms with E-state index in [1.807, 2.05) is 38.2 Å². The van der Waals surface area contributed by atoms with Gasteiger partial charge in [0.15, 0.2) is 0 Å². The van der Waals surface area contributed by atoms with Crippen molar-refractivity contribution >= 4 is 11.7 Å². The van der Waals surface area contributed by atoms with Gasteiger partial charge >= 0.3 is 6.03 Å². The molecule has 2 rings (SSSR count). The second-order valence-corrected chi connectivity index (χ2v) is 5.23. The zero-order chi connectivity index (χ0) is 13.7. The number of benzene rings is 1. The summed E-state index contributed by atoms with van der Waals surface area (Å²) in [4.78, 5) is 13.8. The molecule has 104 valence electrons. The quantitative estimate of drug-likeness (QED) is 0.910. The molecule has 1 fully saturated rings. The number of carbonyl (C=O) groups excluding carboxylic acids is 1. The van der Waals surface area contributed by atoms with E-state index < -0.39 is 0 Å². The molecule has 0 radical (unpaired) electrons. The Morgan fingerprint density at radius 2 is 1.95 bits per heavy atom. The highest BCUT2D eigenvalue weighted by Gasteiger charge is 2.18. The summed E-state index contributed by atoms with van der Waals surface area (Å²) in [7, 11) is 1.85. The van der Waals surface area contributed by atoms with Gasteiger partial charge in [0, 0.05) is 32.5 Å². The van der Waals surface area contributed by atoms with Gasteiger partial charge in [0.2, 0.25) is 0 Å². The van der Waals surface area contributed by atoms with Crippen molar-refractivity contribution in [3.63, 3.8) is 0 Å². The Bertz CT molecular complexity index is 411. The fraction of sp³-hybridized carbons (Fsp3) is 0.533. The lowest BCUT2D eigenvalue weighted by atomic mass is 10.00. The molecular weight excluding hydrogens is 240 g/mol. The maximum Gasteiger partial charge on any atom is 0.321 e. The fourth-order valence-electron chi connectivity index (χ4n) is 2.25. The second-order valence-electron chi connectivity index (χ2n) is 5.23. The van der Waals surface area contributed by atoms with Gasteiger partial charge in [-0.05, 0) is 37.8 Å². The van der Waals surface area contributed by atoms with Crippen LogP contribution in [0.3, 0.4) is 0 Å². The van der Waals surface area contributed by atoms with Crippen molar-refractivity contribution in [1.29, 1.82) is 0 Å². The van der Waals surface area contributed by atoms with Crippen LogP contribution in [0.4, 0.5) is 10.5 Å². The normalized spacial score (nSPS) is 16.1. The van der Waals surface area contributed by atoms with E-state index in [1.165, 1.54) is 5.56 Å². The summed E-state index contributed by atoms with van der Waals surface area (Å²) >= 11 is 0. The van der Waals surface area contributed by atoms with Gasteiger partial charge in [0.25, 0.3) is 0 Å². The van der Waals surface area contributed by atoms with Crippen molar-refractivity contribution in [2.24, 2.45) is 5.92 Å². The molecule has 2 amide bonds. The molecule has 0 bridgehead atoms. The molecule has 0 spiro atoms. The lowest BCUT2D eigenvalue weighted by Crippen LogP contribution is -2.36. The minimum absolute atomic E-state index is 0.0460. The average Bonchev–Trinajstić information content (AvgIpc) is 2.42. The van der Waals surface area contributed by atoms with Gasteiger partial charge in [0.05, 0.1) is 0 Å². The number of anilines is 1. The number of hydrogen-bond donors (Lipinski definition) is 1. The zero-order valence-electron chi connectivity index (χ0n) is 11.7. The molecular formula is C15H22N2O2. The SMILES string of the molecule is Cc1ccc(NC(=O)N(C)CC2CCOCC2)cc1. The lowest BCUT2D eigenvalue weighted by molar-refractivity contribution is 0.0592. The maximum atomic E-state index is 12.1. The second kappa shape index (κ2) is 6.57. The van der Waals surface area contributed by atoms with Gasteiger partial charge in [-0.3, -0.25) is 0 Å². The van der Waals surface area contributed by atoms with Crippen LogP contribution in [-0.4, -0.2) is 37.7 Å². The van der Waals surface area contributed by atoms with Gasteiger partial charge in [-0.2, -0.15) is 0 Å². The Kier molecular flexibility index (Phi) is 4.80.